The lowest BCUT2D eigenvalue weighted by Gasteiger charge is -2.16. The highest BCUT2D eigenvalue weighted by atomic mass is 79.9. The molecule has 0 spiro atoms. The number of benzene rings is 2. The Morgan fingerprint density at radius 2 is 1.86 bits per heavy atom. The molecule has 0 aliphatic heterocycles. The number of rotatable bonds is 4. The molecule has 0 saturated heterocycles. The molecule has 0 bridgehead atoms. The van der Waals surface area contributed by atoms with Crippen LogP contribution in [0.3, 0.4) is 0 Å². The van der Waals surface area contributed by atoms with Crippen LogP contribution in [0.25, 0.3) is 0 Å². The Bertz CT molecular complexity index is 1180. The van der Waals surface area contributed by atoms with Crippen LogP contribution in [-0.2, 0) is 6.54 Å². The summed E-state index contributed by atoms with van der Waals surface area (Å²) >= 11 is 3.30. The number of carbonyl (C=O) groups excluding carboxylic acids is 1. The molecule has 0 aliphatic carbocycles. The summed E-state index contributed by atoms with van der Waals surface area (Å²) in [7, 11) is 0. The summed E-state index contributed by atoms with van der Waals surface area (Å²) in [5.74, 6) is -1.50. The normalized spacial score (nSPS) is 10.5. The lowest BCUT2D eigenvalue weighted by Crippen LogP contribution is -2.27. The van der Waals surface area contributed by atoms with Crippen LogP contribution in [0, 0.1) is 24.1 Å². The zero-order valence-corrected chi connectivity index (χ0v) is 16.3. The molecule has 1 N–H and O–H groups in total. The fourth-order valence-corrected chi connectivity index (χ4v) is 3.39. The minimum absolute atomic E-state index is 0.112. The molecule has 1 heterocycles. The van der Waals surface area contributed by atoms with Gasteiger partial charge in [-0.05, 0) is 42.3 Å². The van der Waals surface area contributed by atoms with E-state index in [1.807, 2.05) is 6.07 Å². The number of nitrogens with zero attached hydrogens (tertiary/aromatic N) is 2. The van der Waals surface area contributed by atoms with Crippen LogP contribution < -0.4 is 5.56 Å². The highest BCUT2D eigenvalue weighted by Crippen LogP contribution is 2.28. The van der Waals surface area contributed by atoms with Crippen molar-refractivity contribution in [2.45, 2.75) is 13.5 Å². The Labute approximate surface area is 168 Å². The monoisotopic (exact) mass is 440 g/mol. The van der Waals surface area contributed by atoms with Crippen molar-refractivity contribution < 1.29 is 14.3 Å². The van der Waals surface area contributed by atoms with Crippen LogP contribution in [0.5, 0.6) is 5.88 Å². The number of nitriles is 1. The Balaban J connectivity index is 2.22. The summed E-state index contributed by atoms with van der Waals surface area (Å²) in [6.45, 7) is 1.34. The molecule has 140 valence electrons. The van der Waals surface area contributed by atoms with E-state index in [0.29, 0.717) is 10.0 Å². The van der Waals surface area contributed by atoms with E-state index in [4.69, 9.17) is 0 Å². The maximum Gasteiger partial charge on any atom is 0.271 e. The van der Waals surface area contributed by atoms with Gasteiger partial charge in [0, 0.05) is 10.0 Å². The molecule has 7 heteroatoms. The van der Waals surface area contributed by atoms with Gasteiger partial charge in [0.05, 0.1) is 12.1 Å². The maximum absolute atomic E-state index is 13.1. The third-order valence-corrected chi connectivity index (χ3v) is 5.09. The number of aromatic nitrogens is 1. The van der Waals surface area contributed by atoms with E-state index in [2.05, 4.69) is 15.9 Å². The van der Waals surface area contributed by atoms with E-state index in [1.165, 1.54) is 31.2 Å². The van der Waals surface area contributed by atoms with Crippen LogP contribution in [-0.4, -0.2) is 15.5 Å². The van der Waals surface area contributed by atoms with E-state index >= 15 is 0 Å². The molecule has 0 saturated carbocycles. The average Bonchev–Trinajstić information content (AvgIpc) is 2.67. The van der Waals surface area contributed by atoms with Crippen molar-refractivity contribution >= 4 is 21.7 Å². The first-order chi connectivity index (χ1) is 13.3. The first-order valence-corrected chi connectivity index (χ1v) is 9.04. The van der Waals surface area contributed by atoms with Gasteiger partial charge in [0.2, 0.25) is 5.88 Å². The van der Waals surface area contributed by atoms with Gasteiger partial charge < -0.3 is 5.11 Å². The molecule has 5 nitrogen and oxygen atoms in total. The summed E-state index contributed by atoms with van der Waals surface area (Å²) in [5.41, 5.74) is -0.130. The molecule has 2 aromatic carbocycles. The summed E-state index contributed by atoms with van der Waals surface area (Å²) in [6, 6.07) is 13.9. The average molecular weight is 441 g/mol. The summed E-state index contributed by atoms with van der Waals surface area (Å²) < 4.78 is 14.6. The van der Waals surface area contributed by atoms with Crippen LogP contribution in [0.2, 0.25) is 0 Å². The second kappa shape index (κ2) is 7.79. The number of aromatic hydroxyl groups is 1. The lowest BCUT2D eigenvalue weighted by molar-refractivity contribution is 0.103. The van der Waals surface area contributed by atoms with Gasteiger partial charge in [-0.3, -0.25) is 14.2 Å². The highest BCUT2D eigenvalue weighted by molar-refractivity contribution is 9.10. The van der Waals surface area contributed by atoms with Crippen molar-refractivity contribution in [2.75, 3.05) is 0 Å². The smallest absolute Gasteiger partial charge is 0.271 e. The van der Waals surface area contributed by atoms with Gasteiger partial charge in [-0.1, -0.05) is 40.2 Å². The van der Waals surface area contributed by atoms with Crippen LogP contribution in [0.15, 0.2) is 57.8 Å². The van der Waals surface area contributed by atoms with Crippen LogP contribution in [0.1, 0.15) is 32.6 Å². The van der Waals surface area contributed by atoms with Gasteiger partial charge in [-0.25, -0.2) is 4.39 Å². The predicted octanol–water partition coefficient (Wildman–Crippen LogP) is 3.91. The van der Waals surface area contributed by atoms with Gasteiger partial charge >= 0.3 is 0 Å². The minimum Gasteiger partial charge on any atom is -0.494 e. The van der Waals surface area contributed by atoms with Crippen molar-refractivity contribution in [1.82, 2.24) is 4.57 Å². The summed E-state index contributed by atoms with van der Waals surface area (Å²) in [5, 5.41) is 20.2. The number of pyridine rings is 1. The predicted molar refractivity (Wildman–Crippen MR) is 105 cm³/mol. The lowest BCUT2D eigenvalue weighted by atomic mass is 9.97. The second-order valence-corrected chi connectivity index (χ2v) is 6.99. The van der Waals surface area contributed by atoms with Crippen molar-refractivity contribution in [1.29, 1.82) is 5.26 Å². The fourth-order valence-electron chi connectivity index (χ4n) is 2.92. The maximum atomic E-state index is 13.1. The van der Waals surface area contributed by atoms with E-state index in [1.54, 1.807) is 24.3 Å². The van der Waals surface area contributed by atoms with Gasteiger partial charge in [0.25, 0.3) is 5.56 Å². The van der Waals surface area contributed by atoms with Crippen molar-refractivity contribution in [3.8, 4) is 11.9 Å². The second-order valence-electron chi connectivity index (χ2n) is 6.14. The first kappa shape index (κ1) is 19.5. The highest BCUT2D eigenvalue weighted by Gasteiger charge is 2.25. The number of carbonyl (C=O) groups is 1. The zero-order chi connectivity index (χ0) is 20.4. The minimum atomic E-state index is -0.717. The molecule has 0 aliphatic rings. The molecule has 3 aromatic rings. The third kappa shape index (κ3) is 3.47. The Morgan fingerprint density at radius 1 is 1.21 bits per heavy atom. The molecule has 0 unspecified atom stereocenters. The molecular weight excluding hydrogens is 427 g/mol. The van der Waals surface area contributed by atoms with Gasteiger partial charge in [0.1, 0.15) is 17.4 Å². The largest absolute Gasteiger partial charge is 0.494 e. The van der Waals surface area contributed by atoms with E-state index in [-0.39, 0.29) is 28.8 Å². The molecule has 0 fully saturated rings. The number of hydrogen-bond donors (Lipinski definition) is 1. The number of hydrogen-bond acceptors (Lipinski definition) is 4. The van der Waals surface area contributed by atoms with Gasteiger partial charge in [0.15, 0.2) is 5.78 Å². The quantitative estimate of drug-likeness (QED) is 0.623. The van der Waals surface area contributed by atoms with Crippen molar-refractivity contribution in [3.63, 3.8) is 0 Å². The number of ketones is 1. The molecule has 0 amide bonds. The first-order valence-electron chi connectivity index (χ1n) is 8.25. The number of halogens is 2. The van der Waals surface area contributed by atoms with Gasteiger partial charge in [-0.15, -0.1) is 0 Å². The Hall–Kier alpha value is -3.24. The van der Waals surface area contributed by atoms with Crippen LogP contribution >= 0.6 is 15.9 Å². The summed E-state index contributed by atoms with van der Waals surface area (Å²) in [6.07, 6.45) is 0. The third-order valence-electron chi connectivity index (χ3n) is 4.40. The molecule has 0 atom stereocenters. The summed E-state index contributed by atoms with van der Waals surface area (Å²) in [4.78, 5) is 25.8. The van der Waals surface area contributed by atoms with E-state index in [9.17, 15) is 24.3 Å². The Kier molecular flexibility index (Phi) is 5.43. The standard InChI is InChI=1S/C21H14BrFN2O3/c1-12-16(10-24)20(27)25(11-13-6-8-14(23)9-7-13)21(28)18(12)19(26)15-4-2-3-5-17(15)22/h2-9,28H,11H2,1H3. The van der Waals surface area contributed by atoms with E-state index < -0.39 is 23.0 Å². The fraction of sp³-hybridized carbons (Fsp3) is 0.0952. The molecular formula is C21H14BrFN2O3. The van der Waals surface area contributed by atoms with Gasteiger partial charge in [-0.2, -0.15) is 5.26 Å². The molecule has 1 aromatic heterocycles. The molecule has 0 radical (unpaired) electrons. The topological polar surface area (TPSA) is 83.1 Å². The molecule has 3 rings (SSSR count). The molecule has 28 heavy (non-hydrogen) atoms. The van der Waals surface area contributed by atoms with Crippen molar-refractivity contribution in [2.24, 2.45) is 0 Å². The zero-order valence-electron chi connectivity index (χ0n) is 14.7. The van der Waals surface area contributed by atoms with E-state index in [0.717, 1.165) is 4.57 Å². The van der Waals surface area contributed by atoms with Crippen LogP contribution in [0.4, 0.5) is 4.39 Å². The van der Waals surface area contributed by atoms with Crippen molar-refractivity contribution in [3.05, 3.63) is 97.0 Å². The SMILES string of the molecule is Cc1c(C(=O)c2ccccc2Br)c(O)n(Cc2ccc(F)cc2)c(=O)c1C#N. The Morgan fingerprint density at radius 3 is 2.46 bits per heavy atom.